The lowest BCUT2D eigenvalue weighted by molar-refractivity contribution is 0.255. The number of aromatic nitrogens is 2. The lowest BCUT2D eigenvalue weighted by atomic mass is 10.1. The Bertz CT molecular complexity index is 1160. The molecule has 31 heavy (non-hydrogen) atoms. The standard InChI is InChI=1S/C25H26F2N4/c26-19-5-7-24-21(15-19)18(17-29-24)3-2-10-30-11-13-31(14-12-30)25-8-6-20(27)16-22(25)23-4-1-9-28-23/h1,4-9,15-17,28-29H,2-3,10-14H2. The summed E-state index contributed by atoms with van der Waals surface area (Å²) >= 11 is 0. The Morgan fingerprint density at radius 2 is 1.68 bits per heavy atom. The molecule has 2 aromatic heterocycles. The number of aryl methyl sites for hydroxylation is 1. The quantitative estimate of drug-likeness (QED) is 0.450. The van der Waals surface area contributed by atoms with Gasteiger partial charge in [0.2, 0.25) is 0 Å². The number of benzene rings is 2. The van der Waals surface area contributed by atoms with E-state index in [1.165, 1.54) is 17.7 Å². The lowest BCUT2D eigenvalue weighted by Crippen LogP contribution is -2.46. The van der Waals surface area contributed by atoms with Crippen molar-refractivity contribution in [2.45, 2.75) is 12.8 Å². The second kappa shape index (κ2) is 8.55. The summed E-state index contributed by atoms with van der Waals surface area (Å²) in [7, 11) is 0. The predicted molar refractivity (Wildman–Crippen MR) is 121 cm³/mol. The summed E-state index contributed by atoms with van der Waals surface area (Å²) < 4.78 is 27.5. The number of nitrogens with one attached hydrogen (secondary N) is 2. The molecular formula is C25H26F2N4. The van der Waals surface area contributed by atoms with Crippen molar-refractivity contribution in [1.82, 2.24) is 14.9 Å². The maximum Gasteiger partial charge on any atom is 0.124 e. The third-order valence-electron chi connectivity index (χ3n) is 6.21. The molecule has 0 aliphatic carbocycles. The number of halogens is 2. The van der Waals surface area contributed by atoms with Crippen LogP contribution in [0.5, 0.6) is 0 Å². The molecule has 0 atom stereocenters. The van der Waals surface area contributed by atoms with E-state index in [1.54, 1.807) is 18.2 Å². The highest BCUT2D eigenvalue weighted by Gasteiger charge is 2.20. The van der Waals surface area contributed by atoms with Crippen LogP contribution in [0.1, 0.15) is 12.0 Å². The molecule has 1 aliphatic heterocycles. The van der Waals surface area contributed by atoms with Crippen LogP contribution >= 0.6 is 0 Å². The van der Waals surface area contributed by atoms with E-state index < -0.39 is 0 Å². The zero-order valence-corrected chi connectivity index (χ0v) is 17.4. The number of anilines is 1. The summed E-state index contributed by atoms with van der Waals surface area (Å²) in [5, 5.41) is 0.984. The molecule has 1 aliphatic rings. The summed E-state index contributed by atoms with van der Waals surface area (Å²) in [6, 6.07) is 13.8. The topological polar surface area (TPSA) is 38.1 Å². The first-order chi connectivity index (χ1) is 15.2. The lowest BCUT2D eigenvalue weighted by Gasteiger charge is -2.37. The minimum absolute atomic E-state index is 0.191. The smallest absolute Gasteiger partial charge is 0.124 e. The largest absolute Gasteiger partial charge is 0.368 e. The van der Waals surface area contributed by atoms with Crippen LogP contribution in [0.25, 0.3) is 22.2 Å². The molecule has 0 saturated carbocycles. The highest BCUT2D eigenvalue weighted by molar-refractivity contribution is 5.83. The van der Waals surface area contributed by atoms with Crippen LogP contribution in [0.3, 0.4) is 0 Å². The van der Waals surface area contributed by atoms with Gasteiger partial charge in [-0.1, -0.05) is 0 Å². The Morgan fingerprint density at radius 1 is 0.871 bits per heavy atom. The van der Waals surface area contributed by atoms with Crippen molar-refractivity contribution < 1.29 is 8.78 Å². The third kappa shape index (κ3) is 4.21. The Balaban J connectivity index is 1.18. The number of hydrogen-bond donors (Lipinski definition) is 2. The fourth-order valence-electron chi connectivity index (χ4n) is 4.56. The fraction of sp³-hybridized carbons (Fsp3) is 0.280. The highest BCUT2D eigenvalue weighted by atomic mass is 19.1. The number of hydrogen-bond acceptors (Lipinski definition) is 2. The Morgan fingerprint density at radius 3 is 2.48 bits per heavy atom. The molecule has 0 amide bonds. The highest BCUT2D eigenvalue weighted by Crippen LogP contribution is 2.31. The number of piperazine rings is 1. The van der Waals surface area contributed by atoms with Crippen molar-refractivity contribution in [2.24, 2.45) is 0 Å². The van der Waals surface area contributed by atoms with Gasteiger partial charge in [-0.15, -0.1) is 0 Å². The zero-order valence-electron chi connectivity index (χ0n) is 17.4. The first-order valence-electron chi connectivity index (χ1n) is 10.8. The molecule has 0 spiro atoms. The average Bonchev–Trinajstić information content (AvgIpc) is 3.45. The minimum atomic E-state index is -0.218. The van der Waals surface area contributed by atoms with Crippen LogP contribution in [0, 0.1) is 11.6 Å². The first kappa shape index (κ1) is 19.8. The molecular weight excluding hydrogens is 394 g/mol. The van der Waals surface area contributed by atoms with Gasteiger partial charge in [-0.2, -0.15) is 0 Å². The molecule has 6 heteroatoms. The summed E-state index contributed by atoms with van der Waals surface area (Å²) in [6.45, 7) is 4.80. The summed E-state index contributed by atoms with van der Waals surface area (Å²) in [4.78, 5) is 11.2. The maximum atomic E-state index is 13.9. The van der Waals surface area contributed by atoms with Gasteiger partial charge in [-0.25, -0.2) is 8.78 Å². The average molecular weight is 421 g/mol. The van der Waals surface area contributed by atoms with Crippen molar-refractivity contribution in [1.29, 1.82) is 0 Å². The SMILES string of the molecule is Fc1ccc(N2CCN(CCCc3c[nH]c4ccc(F)cc34)CC2)c(-c2ccc[nH]2)c1. The van der Waals surface area contributed by atoms with Gasteiger partial charge >= 0.3 is 0 Å². The van der Waals surface area contributed by atoms with E-state index >= 15 is 0 Å². The van der Waals surface area contributed by atoms with E-state index in [4.69, 9.17) is 0 Å². The summed E-state index contributed by atoms with van der Waals surface area (Å²) in [5.41, 5.74) is 5.08. The van der Waals surface area contributed by atoms with Gasteiger partial charge < -0.3 is 14.9 Å². The number of aromatic amines is 2. The number of rotatable bonds is 6. The summed E-state index contributed by atoms with van der Waals surface area (Å²) in [6.07, 6.45) is 5.83. The molecule has 1 saturated heterocycles. The number of H-pyrrole nitrogens is 2. The number of fused-ring (bicyclic) bond motifs is 1. The van der Waals surface area contributed by atoms with Gasteiger partial charge in [0.15, 0.2) is 0 Å². The van der Waals surface area contributed by atoms with Gasteiger partial charge in [0.25, 0.3) is 0 Å². The van der Waals surface area contributed by atoms with Gasteiger partial charge in [0, 0.05) is 66.4 Å². The van der Waals surface area contributed by atoms with E-state index in [0.717, 1.165) is 73.4 Å². The fourth-order valence-corrected chi connectivity index (χ4v) is 4.56. The second-order valence-electron chi connectivity index (χ2n) is 8.18. The van der Waals surface area contributed by atoms with Crippen LogP contribution in [0.4, 0.5) is 14.5 Å². The third-order valence-corrected chi connectivity index (χ3v) is 6.21. The van der Waals surface area contributed by atoms with E-state index in [1.807, 2.05) is 30.6 Å². The molecule has 2 N–H and O–H groups in total. The van der Waals surface area contributed by atoms with Gasteiger partial charge in [-0.3, -0.25) is 4.90 Å². The minimum Gasteiger partial charge on any atom is -0.368 e. The molecule has 0 bridgehead atoms. The molecule has 0 unspecified atom stereocenters. The van der Waals surface area contributed by atoms with Crippen LogP contribution in [0.15, 0.2) is 60.9 Å². The van der Waals surface area contributed by atoms with Crippen molar-refractivity contribution >= 4 is 16.6 Å². The normalized spacial score (nSPS) is 15.1. The Labute approximate surface area is 180 Å². The van der Waals surface area contributed by atoms with Crippen LogP contribution in [-0.2, 0) is 6.42 Å². The molecule has 1 fully saturated rings. The molecule has 160 valence electrons. The molecule has 5 rings (SSSR count). The molecule has 3 heterocycles. The number of nitrogens with zero attached hydrogens (tertiary/aromatic N) is 2. The van der Waals surface area contributed by atoms with Crippen LogP contribution in [0.2, 0.25) is 0 Å². The van der Waals surface area contributed by atoms with E-state index in [-0.39, 0.29) is 11.6 Å². The summed E-state index contributed by atoms with van der Waals surface area (Å²) in [5.74, 6) is -0.409. The van der Waals surface area contributed by atoms with E-state index in [9.17, 15) is 8.78 Å². The Hall–Kier alpha value is -3.12. The molecule has 2 aromatic carbocycles. The molecule has 4 nitrogen and oxygen atoms in total. The monoisotopic (exact) mass is 420 g/mol. The van der Waals surface area contributed by atoms with Gasteiger partial charge in [0.05, 0.1) is 0 Å². The molecule has 0 radical (unpaired) electrons. The van der Waals surface area contributed by atoms with Crippen molar-refractivity contribution in [2.75, 3.05) is 37.6 Å². The Kier molecular flexibility index (Phi) is 5.47. The van der Waals surface area contributed by atoms with Crippen molar-refractivity contribution in [3.63, 3.8) is 0 Å². The van der Waals surface area contributed by atoms with Crippen molar-refractivity contribution in [3.05, 3.63) is 78.1 Å². The predicted octanol–water partition coefficient (Wildman–Crippen LogP) is 5.20. The van der Waals surface area contributed by atoms with Gasteiger partial charge in [0.1, 0.15) is 11.6 Å². The van der Waals surface area contributed by atoms with E-state index in [2.05, 4.69) is 19.8 Å². The first-order valence-corrected chi connectivity index (χ1v) is 10.8. The second-order valence-corrected chi connectivity index (χ2v) is 8.18. The zero-order chi connectivity index (χ0) is 21.2. The van der Waals surface area contributed by atoms with E-state index in [0.29, 0.717) is 0 Å². The molecule has 4 aromatic rings. The van der Waals surface area contributed by atoms with Crippen molar-refractivity contribution in [3.8, 4) is 11.3 Å². The maximum absolute atomic E-state index is 13.9. The van der Waals surface area contributed by atoms with Gasteiger partial charge in [-0.05, 0) is 73.5 Å². The van der Waals surface area contributed by atoms with Crippen LogP contribution < -0.4 is 4.90 Å². The van der Waals surface area contributed by atoms with Crippen LogP contribution in [-0.4, -0.2) is 47.6 Å².